The lowest BCUT2D eigenvalue weighted by Crippen LogP contribution is -2.10. The number of hydrogen-bond acceptors (Lipinski definition) is 3. The molecule has 0 saturated heterocycles. The number of rotatable bonds is 4. The second-order valence-corrected chi connectivity index (χ2v) is 5.73. The lowest BCUT2D eigenvalue weighted by molar-refractivity contribution is -0.136. The minimum Gasteiger partial charge on any atom is -0.497 e. The van der Waals surface area contributed by atoms with Gasteiger partial charge in [-0.3, -0.25) is 14.2 Å². The highest BCUT2D eigenvalue weighted by Gasteiger charge is 2.17. The van der Waals surface area contributed by atoms with E-state index in [1.165, 1.54) is 11.7 Å². The minimum atomic E-state index is -0.962. The van der Waals surface area contributed by atoms with Crippen molar-refractivity contribution in [3.8, 4) is 5.75 Å². The minimum absolute atomic E-state index is 0. The first-order valence-corrected chi connectivity index (χ1v) is 7.57. The number of hydrogen-bond donors (Lipinski definition) is 1. The number of aliphatic carboxylic acids is 1. The van der Waals surface area contributed by atoms with Gasteiger partial charge in [0.25, 0.3) is 5.91 Å². The summed E-state index contributed by atoms with van der Waals surface area (Å²) < 4.78 is 6.65. The van der Waals surface area contributed by atoms with E-state index < -0.39 is 5.97 Å². The van der Waals surface area contributed by atoms with Crippen molar-refractivity contribution in [2.45, 2.75) is 13.8 Å². The SMILES string of the molecule is C.COc1ccc2c(c1)c(CC(=O)O)cn2C(=O)c1ccc(Cl)cc1. The van der Waals surface area contributed by atoms with Gasteiger partial charge in [-0.1, -0.05) is 19.0 Å². The zero-order chi connectivity index (χ0) is 17.3. The van der Waals surface area contributed by atoms with E-state index in [0.29, 0.717) is 32.8 Å². The maximum atomic E-state index is 12.8. The van der Waals surface area contributed by atoms with Gasteiger partial charge in [-0.2, -0.15) is 0 Å². The summed E-state index contributed by atoms with van der Waals surface area (Å²) in [6.07, 6.45) is 1.39. The first-order valence-electron chi connectivity index (χ1n) is 7.19. The zero-order valence-corrected chi connectivity index (χ0v) is 13.6. The molecule has 0 amide bonds. The van der Waals surface area contributed by atoms with Gasteiger partial charge >= 0.3 is 5.97 Å². The van der Waals surface area contributed by atoms with E-state index in [-0.39, 0.29) is 19.8 Å². The first-order chi connectivity index (χ1) is 11.5. The molecular weight excluding hydrogens is 342 g/mol. The number of benzene rings is 2. The molecule has 3 rings (SSSR count). The Kier molecular flexibility index (Phi) is 5.49. The molecule has 0 atom stereocenters. The summed E-state index contributed by atoms with van der Waals surface area (Å²) in [4.78, 5) is 23.9. The number of ether oxygens (including phenoxy) is 1. The predicted octanol–water partition coefficient (Wildman–Crippen LogP) is 4.26. The van der Waals surface area contributed by atoms with Crippen molar-refractivity contribution in [2.24, 2.45) is 0 Å². The Bertz CT molecular complexity index is 928. The fraction of sp³-hybridized carbons (Fsp3) is 0.158. The Hall–Kier alpha value is -2.79. The number of halogens is 1. The second kappa shape index (κ2) is 7.40. The van der Waals surface area contributed by atoms with Gasteiger partial charge in [-0.05, 0) is 48.0 Å². The molecule has 0 aliphatic carbocycles. The van der Waals surface area contributed by atoms with E-state index in [0.717, 1.165) is 0 Å². The van der Waals surface area contributed by atoms with Gasteiger partial charge in [0.05, 0.1) is 19.0 Å². The van der Waals surface area contributed by atoms with Gasteiger partial charge < -0.3 is 9.84 Å². The van der Waals surface area contributed by atoms with Crippen LogP contribution in [0.1, 0.15) is 23.3 Å². The molecule has 3 aromatic rings. The quantitative estimate of drug-likeness (QED) is 0.755. The molecule has 1 N–H and O–H groups in total. The molecule has 6 heteroatoms. The lowest BCUT2D eigenvalue weighted by atomic mass is 10.1. The van der Waals surface area contributed by atoms with E-state index in [4.69, 9.17) is 21.4 Å². The summed E-state index contributed by atoms with van der Waals surface area (Å²) in [5.41, 5.74) is 1.65. The average Bonchev–Trinajstić information content (AvgIpc) is 2.92. The number of carbonyl (C=O) groups is 2. The zero-order valence-electron chi connectivity index (χ0n) is 12.8. The van der Waals surface area contributed by atoms with Gasteiger partial charge in [0.1, 0.15) is 5.75 Å². The van der Waals surface area contributed by atoms with Crippen molar-refractivity contribution in [3.63, 3.8) is 0 Å². The normalized spacial score (nSPS) is 10.3. The third kappa shape index (κ3) is 3.67. The van der Waals surface area contributed by atoms with Crippen LogP contribution in [0.4, 0.5) is 0 Å². The monoisotopic (exact) mass is 359 g/mol. The Balaban J connectivity index is 0.00000225. The van der Waals surface area contributed by atoms with Crippen molar-refractivity contribution < 1.29 is 19.4 Å². The fourth-order valence-corrected chi connectivity index (χ4v) is 2.73. The van der Waals surface area contributed by atoms with Crippen LogP contribution in [0.25, 0.3) is 10.9 Å². The number of fused-ring (bicyclic) bond motifs is 1. The highest BCUT2D eigenvalue weighted by Crippen LogP contribution is 2.27. The third-order valence-corrected chi connectivity index (χ3v) is 4.00. The Morgan fingerprint density at radius 3 is 2.44 bits per heavy atom. The Labute approximate surface area is 150 Å². The first kappa shape index (κ1) is 18.5. The third-order valence-electron chi connectivity index (χ3n) is 3.75. The van der Waals surface area contributed by atoms with Crippen LogP contribution in [0.15, 0.2) is 48.7 Å². The topological polar surface area (TPSA) is 68.5 Å². The van der Waals surface area contributed by atoms with E-state index >= 15 is 0 Å². The summed E-state index contributed by atoms with van der Waals surface area (Å²) in [7, 11) is 1.54. The summed E-state index contributed by atoms with van der Waals surface area (Å²) in [5, 5.41) is 10.3. The van der Waals surface area contributed by atoms with Crippen LogP contribution < -0.4 is 4.74 Å². The molecule has 25 heavy (non-hydrogen) atoms. The highest BCUT2D eigenvalue weighted by molar-refractivity contribution is 6.30. The molecule has 0 aliphatic heterocycles. The standard InChI is InChI=1S/C18H14ClNO4.CH4/c1-24-14-6-7-16-15(9-14)12(8-17(21)22)10-20(16)18(23)11-2-4-13(19)5-3-11;/h2-7,9-10H,8H2,1H3,(H,21,22);1H4. The van der Waals surface area contributed by atoms with Gasteiger partial charge in [0, 0.05) is 22.2 Å². The molecule has 0 spiro atoms. The molecule has 2 aromatic carbocycles. The van der Waals surface area contributed by atoms with Crippen LogP contribution in [-0.4, -0.2) is 28.7 Å². The molecule has 1 heterocycles. The van der Waals surface area contributed by atoms with E-state index in [1.807, 2.05) is 0 Å². The van der Waals surface area contributed by atoms with E-state index in [1.54, 1.807) is 48.7 Å². The summed E-state index contributed by atoms with van der Waals surface area (Å²) >= 11 is 5.85. The molecule has 0 bridgehead atoms. The van der Waals surface area contributed by atoms with Crippen molar-refractivity contribution in [1.82, 2.24) is 4.57 Å². The van der Waals surface area contributed by atoms with Gasteiger partial charge in [0.15, 0.2) is 0 Å². The van der Waals surface area contributed by atoms with Crippen LogP contribution in [0, 0.1) is 0 Å². The van der Waals surface area contributed by atoms with Crippen LogP contribution in [0.2, 0.25) is 5.02 Å². The molecule has 0 unspecified atom stereocenters. The van der Waals surface area contributed by atoms with Crippen molar-refractivity contribution >= 4 is 34.4 Å². The molecular formula is C19H18ClNO4. The largest absolute Gasteiger partial charge is 0.497 e. The van der Waals surface area contributed by atoms with Crippen LogP contribution in [0.3, 0.4) is 0 Å². The van der Waals surface area contributed by atoms with E-state index in [2.05, 4.69) is 0 Å². The van der Waals surface area contributed by atoms with Crippen LogP contribution in [-0.2, 0) is 11.2 Å². The van der Waals surface area contributed by atoms with Gasteiger partial charge in [-0.25, -0.2) is 0 Å². The van der Waals surface area contributed by atoms with Crippen LogP contribution in [0.5, 0.6) is 5.75 Å². The number of carbonyl (C=O) groups excluding carboxylic acids is 1. The van der Waals surface area contributed by atoms with Crippen molar-refractivity contribution in [3.05, 3.63) is 64.8 Å². The van der Waals surface area contributed by atoms with Crippen molar-refractivity contribution in [2.75, 3.05) is 7.11 Å². The average molecular weight is 360 g/mol. The second-order valence-electron chi connectivity index (χ2n) is 5.29. The van der Waals surface area contributed by atoms with Crippen molar-refractivity contribution in [1.29, 1.82) is 0 Å². The summed E-state index contributed by atoms with van der Waals surface area (Å²) in [6.45, 7) is 0. The fourth-order valence-electron chi connectivity index (χ4n) is 2.61. The molecule has 0 aliphatic rings. The Morgan fingerprint density at radius 2 is 1.84 bits per heavy atom. The number of carboxylic acid groups (broad SMARTS) is 1. The predicted molar refractivity (Wildman–Crippen MR) is 97.7 cm³/mol. The number of carboxylic acids is 1. The Morgan fingerprint density at radius 1 is 1.16 bits per heavy atom. The molecule has 1 aromatic heterocycles. The van der Waals surface area contributed by atoms with E-state index in [9.17, 15) is 9.59 Å². The molecule has 0 fully saturated rings. The lowest BCUT2D eigenvalue weighted by Gasteiger charge is -2.05. The smallest absolute Gasteiger partial charge is 0.307 e. The maximum absolute atomic E-state index is 12.8. The van der Waals surface area contributed by atoms with Gasteiger partial charge in [-0.15, -0.1) is 0 Å². The number of aromatic nitrogens is 1. The highest BCUT2D eigenvalue weighted by atomic mass is 35.5. The maximum Gasteiger partial charge on any atom is 0.307 e. The number of nitrogens with zero attached hydrogens (tertiary/aromatic N) is 1. The molecule has 5 nitrogen and oxygen atoms in total. The molecule has 0 radical (unpaired) electrons. The van der Waals surface area contributed by atoms with Gasteiger partial charge in [0.2, 0.25) is 0 Å². The van der Waals surface area contributed by atoms with Crippen LogP contribution >= 0.6 is 11.6 Å². The number of methoxy groups -OCH3 is 1. The summed E-state index contributed by atoms with van der Waals surface area (Å²) in [5.74, 6) is -0.611. The molecule has 130 valence electrons. The summed E-state index contributed by atoms with van der Waals surface area (Å²) in [6, 6.07) is 11.8. The molecule has 0 saturated carbocycles.